The number of benzene rings is 2. The third-order valence-corrected chi connectivity index (χ3v) is 8.74. The molecule has 12 nitrogen and oxygen atoms in total. The van der Waals surface area contributed by atoms with Crippen molar-refractivity contribution in [1.82, 2.24) is 19.0 Å². The molecule has 1 aliphatic rings. The maximum Gasteiger partial charge on any atom is 0.264 e. The minimum atomic E-state index is -0.212. The van der Waals surface area contributed by atoms with Gasteiger partial charge in [-0.1, -0.05) is 6.07 Å². The van der Waals surface area contributed by atoms with Gasteiger partial charge in [-0.25, -0.2) is 0 Å². The summed E-state index contributed by atoms with van der Waals surface area (Å²) >= 11 is 0. The van der Waals surface area contributed by atoms with E-state index in [2.05, 4.69) is 9.88 Å². The Hall–Kier alpha value is -5.88. The van der Waals surface area contributed by atoms with Gasteiger partial charge in [-0.05, 0) is 49.3 Å². The minimum absolute atomic E-state index is 0.117. The van der Waals surface area contributed by atoms with E-state index in [1.54, 1.807) is 62.3 Å². The molecule has 0 fully saturated rings. The van der Waals surface area contributed by atoms with Gasteiger partial charge in [0.1, 0.15) is 5.39 Å². The Balaban J connectivity index is 1.35. The molecule has 0 radical (unpaired) electrons. The van der Waals surface area contributed by atoms with Crippen molar-refractivity contribution >= 4 is 21.5 Å². The average molecular weight is 663 g/mol. The molecule has 250 valence electrons. The van der Waals surface area contributed by atoms with Crippen molar-refractivity contribution in [3.8, 4) is 51.0 Å². The number of pyridine rings is 4. The fourth-order valence-corrected chi connectivity index (χ4v) is 6.47. The Morgan fingerprint density at radius 1 is 0.837 bits per heavy atom. The number of hydrogen-bond donors (Lipinski definition) is 0. The molecule has 0 unspecified atom stereocenters. The van der Waals surface area contributed by atoms with Crippen LogP contribution in [0.25, 0.3) is 43.8 Å². The third kappa shape index (κ3) is 5.49. The fraction of sp³-hybridized carbons (Fsp3) is 0.243. The van der Waals surface area contributed by atoms with Crippen molar-refractivity contribution in [3.63, 3.8) is 0 Å². The molecule has 4 aromatic heterocycles. The van der Waals surface area contributed by atoms with Crippen molar-refractivity contribution in [2.45, 2.75) is 13.2 Å². The normalized spacial score (nSPS) is 12.2. The number of nitrogens with zero attached hydrogens (tertiary/aromatic N) is 5. The first-order valence-electron chi connectivity index (χ1n) is 15.6. The van der Waals surface area contributed by atoms with Gasteiger partial charge in [0.05, 0.1) is 26.7 Å². The lowest BCUT2D eigenvalue weighted by atomic mass is 9.98. The zero-order valence-corrected chi connectivity index (χ0v) is 28.1. The van der Waals surface area contributed by atoms with E-state index < -0.39 is 0 Å². The Morgan fingerprint density at radius 2 is 1.57 bits per heavy atom. The number of hydrogen-bond acceptors (Lipinski definition) is 9. The highest BCUT2D eigenvalue weighted by Gasteiger charge is 2.25. The number of ether oxygens (including phenoxy) is 5. The summed E-state index contributed by atoms with van der Waals surface area (Å²) in [7, 11) is 10.4. The summed E-state index contributed by atoms with van der Waals surface area (Å²) in [6.45, 7) is 0.948. The second-order valence-corrected chi connectivity index (χ2v) is 12.1. The van der Waals surface area contributed by atoms with Crippen LogP contribution in [-0.2, 0) is 20.3 Å². The summed E-state index contributed by atoms with van der Waals surface area (Å²) in [4.78, 5) is 33.7. The summed E-state index contributed by atoms with van der Waals surface area (Å²) < 4.78 is 33.6. The monoisotopic (exact) mass is 662 g/mol. The molecule has 2 aromatic carbocycles. The van der Waals surface area contributed by atoms with Gasteiger partial charge in [0.2, 0.25) is 19.2 Å². The van der Waals surface area contributed by atoms with E-state index in [1.165, 1.54) is 0 Å². The quantitative estimate of drug-likeness (QED) is 0.211. The van der Waals surface area contributed by atoms with Gasteiger partial charge in [-0.3, -0.25) is 19.1 Å². The van der Waals surface area contributed by atoms with E-state index in [4.69, 9.17) is 23.7 Å². The molecule has 0 amide bonds. The lowest BCUT2D eigenvalue weighted by Crippen LogP contribution is -2.41. The van der Waals surface area contributed by atoms with Crippen LogP contribution in [0.3, 0.4) is 0 Å². The van der Waals surface area contributed by atoms with Crippen LogP contribution in [0.2, 0.25) is 0 Å². The van der Waals surface area contributed by atoms with Gasteiger partial charge >= 0.3 is 0 Å². The van der Waals surface area contributed by atoms with Crippen molar-refractivity contribution in [2.24, 2.45) is 7.05 Å². The van der Waals surface area contributed by atoms with Crippen LogP contribution in [0.4, 0.5) is 0 Å². The minimum Gasteiger partial charge on any atom is -0.493 e. The SMILES string of the molecule is COc1cc(-c2cn(C)c(=O)c3c[n+](Cn4cc(-c5ccc(CN(C)C)c6c5OCO6)c5ccncc5c4=O)ccc23)cc(OC)c1OC. The van der Waals surface area contributed by atoms with Crippen molar-refractivity contribution in [1.29, 1.82) is 0 Å². The topological polar surface area (TPSA) is 110 Å². The Kier molecular flexibility index (Phi) is 8.17. The molecular weight excluding hydrogens is 626 g/mol. The Morgan fingerprint density at radius 3 is 2.29 bits per heavy atom. The predicted molar refractivity (Wildman–Crippen MR) is 185 cm³/mol. The summed E-state index contributed by atoms with van der Waals surface area (Å²) in [5.41, 5.74) is 3.82. The lowest BCUT2D eigenvalue weighted by molar-refractivity contribution is -0.700. The highest BCUT2D eigenvalue weighted by molar-refractivity contribution is 5.98. The molecule has 0 N–H and O–H groups in total. The Labute approximate surface area is 281 Å². The second kappa shape index (κ2) is 12.6. The van der Waals surface area contributed by atoms with E-state index in [9.17, 15) is 9.59 Å². The van der Waals surface area contributed by atoms with Gasteiger partial charge in [0.25, 0.3) is 11.1 Å². The molecule has 12 heteroatoms. The maximum atomic E-state index is 13.9. The van der Waals surface area contributed by atoms with Crippen LogP contribution in [0.15, 0.2) is 83.2 Å². The predicted octanol–water partition coefficient (Wildman–Crippen LogP) is 4.19. The molecule has 0 saturated heterocycles. The maximum absolute atomic E-state index is 13.9. The molecule has 0 saturated carbocycles. The fourth-order valence-electron chi connectivity index (χ4n) is 6.47. The first kappa shape index (κ1) is 31.7. The second-order valence-electron chi connectivity index (χ2n) is 12.1. The van der Waals surface area contributed by atoms with Crippen LogP contribution >= 0.6 is 0 Å². The van der Waals surface area contributed by atoms with Gasteiger partial charge in [-0.2, -0.15) is 4.57 Å². The van der Waals surface area contributed by atoms with Gasteiger partial charge in [0, 0.05) is 72.1 Å². The molecule has 7 rings (SSSR count). The first-order chi connectivity index (χ1) is 23.7. The van der Waals surface area contributed by atoms with Gasteiger partial charge < -0.3 is 33.2 Å². The first-order valence-corrected chi connectivity index (χ1v) is 15.6. The van der Waals surface area contributed by atoms with Crippen LogP contribution in [-0.4, -0.2) is 61.2 Å². The van der Waals surface area contributed by atoms with Gasteiger partial charge in [-0.15, -0.1) is 0 Å². The van der Waals surface area contributed by atoms with E-state index in [0.29, 0.717) is 46.1 Å². The van der Waals surface area contributed by atoms with E-state index in [0.717, 1.165) is 38.6 Å². The summed E-state index contributed by atoms with van der Waals surface area (Å²) in [6, 6.07) is 11.5. The molecule has 6 aromatic rings. The highest BCUT2D eigenvalue weighted by atomic mass is 16.7. The summed E-state index contributed by atoms with van der Waals surface area (Å²) in [6.07, 6.45) is 10.5. The number of rotatable bonds is 9. The van der Waals surface area contributed by atoms with Crippen molar-refractivity contribution in [3.05, 3.63) is 99.9 Å². The van der Waals surface area contributed by atoms with Crippen LogP contribution in [0.1, 0.15) is 5.56 Å². The van der Waals surface area contributed by atoms with Crippen LogP contribution in [0.5, 0.6) is 28.7 Å². The average Bonchev–Trinajstić information content (AvgIpc) is 3.61. The number of aromatic nitrogens is 4. The van der Waals surface area contributed by atoms with E-state index >= 15 is 0 Å². The number of methoxy groups -OCH3 is 3. The zero-order chi connectivity index (χ0) is 34.4. The molecule has 0 bridgehead atoms. The number of aryl methyl sites for hydroxylation is 1. The number of fused-ring (bicyclic) bond motifs is 3. The van der Waals surface area contributed by atoms with Gasteiger partial charge in [0.15, 0.2) is 35.4 Å². The standard InChI is InChI=1S/C37H36N5O7/c1-39(2)16-22-7-8-26(34-33(22)48-21-49-34)29-19-42(37(44)27-15-38-11-9-24(27)29)20-41-12-10-25-28(17-40(3)36(43)30(25)18-41)23-13-31(45-4)35(47-6)32(14-23)46-5/h7-15,17-19H,16,20-21H2,1-6H3/q+1. The molecular formula is C37H36N5O7+. The lowest BCUT2D eigenvalue weighted by Gasteiger charge is -2.16. The van der Waals surface area contributed by atoms with Crippen LogP contribution in [0, 0.1) is 0 Å². The summed E-state index contributed by atoms with van der Waals surface area (Å²) in [5, 5.41) is 2.43. The third-order valence-electron chi connectivity index (χ3n) is 8.74. The molecule has 49 heavy (non-hydrogen) atoms. The van der Waals surface area contributed by atoms with E-state index in [-0.39, 0.29) is 24.6 Å². The van der Waals surface area contributed by atoms with E-state index in [1.807, 2.05) is 67.5 Å². The largest absolute Gasteiger partial charge is 0.493 e. The van der Waals surface area contributed by atoms with Crippen molar-refractivity contribution in [2.75, 3.05) is 42.2 Å². The molecule has 0 atom stereocenters. The molecule has 5 heterocycles. The summed E-state index contributed by atoms with van der Waals surface area (Å²) in [5.74, 6) is 2.82. The molecule has 1 aliphatic heterocycles. The zero-order valence-electron chi connectivity index (χ0n) is 28.1. The molecule has 0 aliphatic carbocycles. The highest BCUT2D eigenvalue weighted by Crippen LogP contribution is 2.46. The molecule has 0 spiro atoms. The smallest absolute Gasteiger partial charge is 0.264 e. The van der Waals surface area contributed by atoms with Crippen LogP contribution < -0.4 is 39.4 Å². The van der Waals surface area contributed by atoms with Crippen molar-refractivity contribution < 1.29 is 28.3 Å². The Bertz CT molecular complexity index is 2360.